The average Bonchev–Trinajstić information content (AvgIpc) is 2.43. The van der Waals surface area contributed by atoms with Crippen LogP contribution in [0, 0.1) is 0 Å². The molecule has 5 nitrogen and oxygen atoms in total. The van der Waals surface area contributed by atoms with Crippen LogP contribution in [0.2, 0.25) is 0 Å². The Labute approximate surface area is 139 Å². The fourth-order valence-electron chi connectivity index (χ4n) is 2.24. The van der Waals surface area contributed by atoms with E-state index < -0.39 is 0 Å². The third-order valence-electron chi connectivity index (χ3n) is 3.11. The van der Waals surface area contributed by atoms with E-state index >= 15 is 0 Å². The second kappa shape index (κ2) is 8.48. The lowest BCUT2D eigenvalue weighted by Crippen LogP contribution is -3.11. The van der Waals surface area contributed by atoms with Crippen LogP contribution in [0.5, 0.6) is 0 Å². The molecule has 5 heteroatoms. The molecular formula is C18H28N3O2+. The van der Waals surface area contributed by atoms with Crippen LogP contribution in [-0.4, -0.2) is 44.0 Å². The Morgan fingerprint density at radius 1 is 1.22 bits per heavy atom. The Kier molecular flexibility index (Phi) is 6.97. The lowest BCUT2D eigenvalue weighted by Gasteiger charge is -2.24. The maximum Gasteiger partial charge on any atom is 0.282 e. The largest absolute Gasteiger partial charge is 0.347 e. The molecule has 0 spiro atoms. The van der Waals surface area contributed by atoms with Gasteiger partial charge in [-0.1, -0.05) is 24.3 Å². The molecule has 0 bridgehead atoms. The maximum absolute atomic E-state index is 12.5. The van der Waals surface area contributed by atoms with Gasteiger partial charge in [-0.3, -0.25) is 9.59 Å². The molecule has 0 aliphatic heterocycles. The van der Waals surface area contributed by atoms with Crippen LogP contribution in [-0.2, 0) is 9.59 Å². The number of nitrogens with zero attached hydrogens (tertiary/aromatic N) is 1. The number of hydrogen-bond donors (Lipinski definition) is 2. The summed E-state index contributed by atoms with van der Waals surface area (Å²) >= 11 is 0. The first kappa shape index (κ1) is 18.9. The Balaban J connectivity index is 2.64. The van der Waals surface area contributed by atoms with Crippen LogP contribution in [0.25, 0.3) is 0 Å². The zero-order valence-electron chi connectivity index (χ0n) is 14.6. The van der Waals surface area contributed by atoms with E-state index in [4.69, 9.17) is 0 Å². The highest BCUT2D eigenvalue weighted by atomic mass is 16.2. The number of carbonyl (C=O) groups excluding carboxylic acids is 2. The van der Waals surface area contributed by atoms with Gasteiger partial charge in [0.2, 0.25) is 0 Å². The quantitative estimate of drug-likeness (QED) is 0.725. The fourth-order valence-corrected chi connectivity index (χ4v) is 2.24. The van der Waals surface area contributed by atoms with Crippen molar-refractivity contribution in [1.82, 2.24) is 5.32 Å². The van der Waals surface area contributed by atoms with E-state index in [-0.39, 0.29) is 30.4 Å². The molecule has 0 heterocycles. The highest BCUT2D eigenvalue weighted by Crippen LogP contribution is 2.12. The van der Waals surface area contributed by atoms with Crippen molar-refractivity contribution in [2.75, 3.05) is 31.6 Å². The van der Waals surface area contributed by atoms with Crippen molar-refractivity contribution < 1.29 is 14.5 Å². The summed E-state index contributed by atoms with van der Waals surface area (Å²) < 4.78 is 0. The summed E-state index contributed by atoms with van der Waals surface area (Å²) in [7, 11) is 1.84. The van der Waals surface area contributed by atoms with Crippen molar-refractivity contribution in [2.45, 2.75) is 26.3 Å². The summed E-state index contributed by atoms with van der Waals surface area (Å²) in [5.74, 6) is -0.0880. The van der Waals surface area contributed by atoms with Crippen molar-refractivity contribution >= 4 is 17.5 Å². The molecule has 0 aromatic heterocycles. The average molecular weight is 318 g/mol. The minimum absolute atomic E-state index is 0.0304. The molecular weight excluding hydrogens is 290 g/mol. The van der Waals surface area contributed by atoms with Gasteiger partial charge in [0.15, 0.2) is 13.1 Å². The second-order valence-electron chi connectivity index (χ2n) is 6.74. The summed E-state index contributed by atoms with van der Waals surface area (Å²) in [6, 6.07) is 9.48. The number of para-hydroxylation sites is 1. The van der Waals surface area contributed by atoms with Gasteiger partial charge in [0.05, 0.1) is 7.05 Å². The normalized spacial score (nSPS) is 12.3. The number of hydrogen-bond acceptors (Lipinski definition) is 2. The topological polar surface area (TPSA) is 53.9 Å². The van der Waals surface area contributed by atoms with Gasteiger partial charge in [0.25, 0.3) is 11.8 Å². The number of benzene rings is 1. The standard InChI is InChI=1S/C18H27N3O2/c1-6-12-21(15-10-8-7-9-11-15)17(23)14-20(5)13-16(22)19-18(2,3)4/h6-11H,1,12-14H2,2-5H3,(H,19,22)/p+1. The van der Waals surface area contributed by atoms with Gasteiger partial charge >= 0.3 is 0 Å². The SMILES string of the molecule is C=CCN(C(=O)C[NH+](C)CC(=O)NC(C)(C)C)c1ccccc1. The number of anilines is 1. The maximum atomic E-state index is 12.5. The predicted octanol–water partition coefficient (Wildman–Crippen LogP) is 0.635. The van der Waals surface area contributed by atoms with Gasteiger partial charge in [-0.2, -0.15) is 0 Å². The van der Waals surface area contributed by atoms with Crippen LogP contribution in [0.1, 0.15) is 20.8 Å². The molecule has 126 valence electrons. The molecule has 0 saturated heterocycles. The number of rotatable bonds is 7. The van der Waals surface area contributed by atoms with Crippen molar-refractivity contribution in [1.29, 1.82) is 0 Å². The monoisotopic (exact) mass is 318 g/mol. The zero-order chi connectivity index (χ0) is 17.5. The zero-order valence-corrected chi connectivity index (χ0v) is 14.6. The molecule has 1 rings (SSSR count). The van der Waals surface area contributed by atoms with Gasteiger partial charge in [-0.15, -0.1) is 6.58 Å². The Hall–Kier alpha value is -2.14. The molecule has 0 saturated carbocycles. The van der Waals surface area contributed by atoms with E-state index in [1.165, 1.54) is 0 Å². The van der Waals surface area contributed by atoms with Crippen LogP contribution < -0.4 is 15.1 Å². The lowest BCUT2D eigenvalue weighted by atomic mass is 10.1. The van der Waals surface area contributed by atoms with E-state index in [9.17, 15) is 9.59 Å². The highest BCUT2D eigenvalue weighted by Gasteiger charge is 2.22. The first-order chi connectivity index (χ1) is 10.7. The minimum Gasteiger partial charge on any atom is -0.347 e. The third kappa shape index (κ3) is 7.10. The van der Waals surface area contributed by atoms with Crippen molar-refractivity contribution in [3.05, 3.63) is 43.0 Å². The van der Waals surface area contributed by atoms with Crippen molar-refractivity contribution in [3.63, 3.8) is 0 Å². The van der Waals surface area contributed by atoms with Gasteiger partial charge < -0.3 is 15.1 Å². The molecule has 0 fully saturated rings. The summed E-state index contributed by atoms with van der Waals surface area (Å²) in [5, 5.41) is 2.91. The lowest BCUT2D eigenvalue weighted by molar-refractivity contribution is -0.862. The van der Waals surface area contributed by atoms with Crippen molar-refractivity contribution in [2.24, 2.45) is 0 Å². The van der Waals surface area contributed by atoms with E-state index in [2.05, 4.69) is 11.9 Å². The van der Waals surface area contributed by atoms with Crippen LogP contribution in [0.3, 0.4) is 0 Å². The molecule has 0 aliphatic rings. The van der Waals surface area contributed by atoms with Crippen molar-refractivity contribution in [3.8, 4) is 0 Å². The number of amides is 2. The Morgan fingerprint density at radius 2 is 1.83 bits per heavy atom. The molecule has 1 aromatic carbocycles. The minimum atomic E-state index is -0.264. The summed E-state index contributed by atoms with van der Waals surface area (Å²) in [5.41, 5.74) is 0.574. The van der Waals surface area contributed by atoms with Crippen LogP contribution in [0.4, 0.5) is 5.69 Å². The predicted molar refractivity (Wildman–Crippen MR) is 93.5 cm³/mol. The molecule has 0 radical (unpaired) electrons. The van der Waals surface area contributed by atoms with Gasteiger partial charge in [-0.05, 0) is 32.9 Å². The van der Waals surface area contributed by atoms with E-state index in [0.29, 0.717) is 6.54 Å². The van der Waals surface area contributed by atoms with Crippen LogP contribution in [0.15, 0.2) is 43.0 Å². The smallest absolute Gasteiger partial charge is 0.282 e. The Morgan fingerprint density at radius 3 is 2.35 bits per heavy atom. The number of quaternary nitrogens is 1. The van der Waals surface area contributed by atoms with Gasteiger partial charge in [-0.25, -0.2) is 0 Å². The molecule has 1 atom stereocenters. The first-order valence-electron chi connectivity index (χ1n) is 7.81. The summed E-state index contributed by atoms with van der Waals surface area (Å²) in [6.45, 7) is 10.5. The number of likely N-dealkylation sites (N-methyl/N-ethyl adjacent to an activating group) is 1. The number of carbonyl (C=O) groups is 2. The first-order valence-corrected chi connectivity index (χ1v) is 7.81. The molecule has 1 unspecified atom stereocenters. The molecule has 2 N–H and O–H groups in total. The van der Waals surface area contributed by atoms with Crippen LogP contribution >= 0.6 is 0 Å². The molecule has 0 aliphatic carbocycles. The van der Waals surface area contributed by atoms with E-state index in [1.54, 1.807) is 11.0 Å². The second-order valence-corrected chi connectivity index (χ2v) is 6.74. The summed E-state index contributed by atoms with van der Waals surface area (Å²) in [6.07, 6.45) is 1.70. The number of nitrogens with one attached hydrogen (secondary N) is 2. The molecule has 2 amide bonds. The van der Waals surface area contributed by atoms with Gasteiger partial charge in [0, 0.05) is 17.8 Å². The Bertz CT molecular complexity index is 535. The molecule has 23 heavy (non-hydrogen) atoms. The van der Waals surface area contributed by atoms with Gasteiger partial charge in [0.1, 0.15) is 0 Å². The third-order valence-corrected chi connectivity index (χ3v) is 3.11. The van der Waals surface area contributed by atoms with E-state index in [1.807, 2.05) is 58.2 Å². The fraction of sp³-hybridized carbons (Fsp3) is 0.444. The highest BCUT2D eigenvalue weighted by molar-refractivity contribution is 5.94. The molecule has 1 aromatic rings. The summed E-state index contributed by atoms with van der Waals surface area (Å²) in [4.78, 5) is 27.0. The van der Waals surface area contributed by atoms with E-state index in [0.717, 1.165) is 10.6 Å².